The summed E-state index contributed by atoms with van der Waals surface area (Å²) < 4.78 is 55.6. The van der Waals surface area contributed by atoms with Crippen LogP contribution < -0.4 is 4.74 Å². The van der Waals surface area contributed by atoms with Crippen molar-refractivity contribution in [2.24, 2.45) is 0 Å². The minimum absolute atomic E-state index is 0.0280. The Morgan fingerprint density at radius 1 is 1.05 bits per heavy atom. The van der Waals surface area contributed by atoms with Crippen molar-refractivity contribution in [3.05, 3.63) is 57.2 Å². The standard InChI is InChI=1S/C13H8ClF2IO3S/c14-21(18,19)11-6-5-10(12(15)13(11)16)20-7-8-1-3-9(17)4-2-8/h1-6H,7H2. The molecule has 0 fully saturated rings. The summed E-state index contributed by atoms with van der Waals surface area (Å²) in [5.74, 6) is -3.32. The van der Waals surface area contributed by atoms with Gasteiger partial charge in [0.05, 0.1) is 0 Å². The predicted molar refractivity (Wildman–Crippen MR) is 82.9 cm³/mol. The Morgan fingerprint density at radius 3 is 2.24 bits per heavy atom. The highest BCUT2D eigenvalue weighted by molar-refractivity contribution is 14.1. The number of halogens is 4. The minimum Gasteiger partial charge on any atom is -0.486 e. The molecule has 0 amide bonds. The van der Waals surface area contributed by atoms with Crippen molar-refractivity contribution in [1.82, 2.24) is 0 Å². The van der Waals surface area contributed by atoms with Gasteiger partial charge in [0, 0.05) is 14.3 Å². The van der Waals surface area contributed by atoms with Crippen LogP contribution in [0.3, 0.4) is 0 Å². The van der Waals surface area contributed by atoms with Gasteiger partial charge in [-0.2, -0.15) is 4.39 Å². The fraction of sp³-hybridized carbons (Fsp3) is 0.0769. The van der Waals surface area contributed by atoms with Crippen molar-refractivity contribution in [3.8, 4) is 5.75 Å². The van der Waals surface area contributed by atoms with Gasteiger partial charge in [-0.1, -0.05) is 12.1 Å². The molecule has 0 atom stereocenters. The molecule has 0 heterocycles. The topological polar surface area (TPSA) is 43.4 Å². The summed E-state index contributed by atoms with van der Waals surface area (Å²) in [6, 6.07) is 9.16. The maximum absolute atomic E-state index is 13.7. The van der Waals surface area contributed by atoms with Crippen LogP contribution in [0.25, 0.3) is 0 Å². The third kappa shape index (κ3) is 4.04. The lowest BCUT2D eigenvalue weighted by atomic mass is 10.2. The van der Waals surface area contributed by atoms with Gasteiger partial charge in [0.25, 0.3) is 9.05 Å². The molecule has 2 aromatic rings. The normalized spacial score (nSPS) is 11.4. The molecule has 8 heteroatoms. The van der Waals surface area contributed by atoms with Crippen molar-refractivity contribution < 1.29 is 21.9 Å². The first kappa shape index (κ1) is 16.4. The van der Waals surface area contributed by atoms with Gasteiger partial charge in [-0.25, -0.2) is 12.8 Å². The molecule has 3 nitrogen and oxygen atoms in total. The van der Waals surface area contributed by atoms with Crippen LogP contribution in [0.2, 0.25) is 0 Å². The smallest absolute Gasteiger partial charge is 0.264 e. The molecule has 0 N–H and O–H groups in total. The summed E-state index contributed by atoms with van der Waals surface area (Å²) in [6.07, 6.45) is 0. The van der Waals surface area contributed by atoms with Crippen LogP contribution in [0.5, 0.6) is 5.75 Å². The average molecular weight is 445 g/mol. The van der Waals surface area contributed by atoms with Gasteiger partial charge < -0.3 is 4.74 Å². The van der Waals surface area contributed by atoms with E-state index < -0.39 is 25.6 Å². The Hall–Kier alpha value is -0.930. The highest BCUT2D eigenvalue weighted by Gasteiger charge is 2.22. The third-order valence-electron chi connectivity index (χ3n) is 2.58. The molecule has 2 aromatic carbocycles. The lowest BCUT2D eigenvalue weighted by Gasteiger charge is -2.09. The first-order valence-electron chi connectivity index (χ1n) is 5.59. The summed E-state index contributed by atoms with van der Waals surface area (Å²) in [5, 5.41) is 0. The van der Waals surface area contributed by atoms with E-state index in [4.69, 9.17) is 15.4 Å². The van der Waals surface area contributed by atoms with E-state index in [1.165, 1.54) is 0 Å². The van der Waals surface area contributed by atoms with Gasteiger partial charge in [-0.15, -0.1) is 0 Å². The van der Waals surface area contributed by atoms with Gasteiger partial charge in [0.15, 0.2) is 11.6 Å². The SMILES string of the molecule is O=S(=O)(Cl)c1ccc(OCc2ccc(I)cc2)c(F)c1F. The number of ether oxygens (including phenoxy) is 1. The second-order valence-electron chi connectivity index (χ2n) is 4.04. The van der Waals surface area contributed by atoms with Crippen molar-refractivity contribution >= 4 is 42.3 Å². The predicted octanol–water partition coefficient (Wildman–Crippen LogP) is 4.08. The first-order valence-corrected chi connectivity index (χ1v) is 8.98. The van der Waals surface area contributed by atoms with E-state index in [-0.39, 0.29) is 12.4 Å². The monoisotopic (exact) mass is 444 g/mol. The molecule has 0 aliphatic carbocycles. The highest BCUT2D eigenvalue weighted by atomic mass is 127. The Morgan fingerprint density at radius 2 is 1.67 bits per heavy atom. The van der Waals surface area contributed by atoms with Crippen LogP contribution in [-0.2, 0) is 15.7 Å². The largest absolute Gasteiger partial charge is 0.486 e. The van der Waals surface area contributed by atoms with Crippen molar-refractivity contribution in [2.75, 3.05) is 0 Å². The molecule has 0 bridgehead atoms. The Balaban J connectivity index is 2.22. The van der Waals surface area contributed by atoms with E-state index in [0.717, 1.165) is 21.3 Å². The van der Waals surface area contributed by atoms with E-state index in [0.29, 0.717) is 0 Å². The Bertz CT molecular complexity index is 764. The van der Waals surface area contributed by atoms with Crippen LogP contribution in [0.4, 0.5) is 8.78 Å². The molecule has 112 valence electrons. The number of benzene rings is 2. The zero-order valence-electron chi connectivity index (χ0n) is 10.3. The first-order chi connectivity index (χ1) is 9.79. The van der Waals surface area contributed by atoms with Crippen molar-refractivity contribution in [1.29, 1.82) is 0 Å². The van der Waals surface area contributed by atoms with Gasteiger partial charge in [-0.05, 0) is 52.4 Å². The molecule has 0 saturated heterocycles. The zero-order chi connectivity index (χ0) is 15.6. The van der Waals surface area contributed by atoms with Gasteiger partial charge in [0.2, 0.25) is 5.82 Å². The molecule has 21 heavy (non-hydrogen) atoms. The maximum Gasteiger partial charge on any atom is 0.264 e. The quantitative estimate of drug-likeness (QED) is 0.527. The molecule has 0 saturated carbocycles. The molecule has 0 aliphatic heterocycles. The molecule has 2 rings (SSSR count). The Kier molecular flexibility index (Phi) is 5.05. The molecule has 0 aliphatic rings. The minimum atomic E-state index is -4.34. The Labute approximate surface area is 138 Å². The van der Waals surface area contributed by atoms with Crippen molar-refractivity contribution in [2.45, 2.75) is 11.5 Å². The van der Waals surface area contributed by atoms with E-state index in [1.54, 1.807) is 12.1 Å². The molecular formula is C13H8ClF2IO3S. The van der Waals surface area contributed by atoms with Crippen LogP contribution in [-0.4, -0.2) is 8.42 Å². The summed E-state index contributed by atoms with van der Waals surface area (Å²) in [5.41, 5.74) is 0.768. The van der Waals surface area contributed by atoms with E-state index in [2.05, 4.69) is 22.6 Å². The number of hydrogen-bond acceptors (Lipinski definition) is 3. The van der Waals surface area contributed by atoms with E-state index >= 15 is 0 Å². The second kappa shape index (κ2) is 6.45. The van der Waals surface area contributed by atoms with Crippen LogP contribution in [0, 0.1) is 15.2 Å². The lowest BCUT2D eigenvalue weighted by molar-refractivity contribution is 0.283. The van der Waals surface area contributed by atoms with Crippen molar-refractivity contribution in [3.63, 3.8) is 0 Å². The van der Waals surface area contributed by atoms with E-state index in [9.17, 15) is 17.2 Å². The van der Waals surface area contributed by atoms with E-state index in [1.807, 2.05) is 12.1 Å². The fourth-order valence-corrected chi connectivity index (χ4v) is 2.81. The molecule has 0 aromatic heterocycles. The molecule has 0 radical (unpaired) electrons. The molecule has 0 spiro atoms. The van der Waals surface area contributed by atoms with Gasteiger partial charge in [0.1, 0.15) is 11.5 Å². The summed E-state index contributed by atoms with van der Waals surface area (Å²) >= 11 is 2.14. The van der Waals surface area contributed by atoms with Gasteiger partial charge in [-0.3, -0.25) is 0 Å². The van der Waals surface area contributed by atoms with Crippen LogP contribution in [0.1, 0.15) is 5.56 Å². The molecule has 0 unspecified atom stereocenters. The third-order valence-corrected chi connectivity index (χ3v) is 4.64. The maximum atomic E-state index is 13.7. The highest BCUT2D eigenvalue weighted by Crippen LogP contribution is 2.28. The summed E-state index contributed by atoms with van der Waals surface area (Å²) in [7, 11) is 0.656. The summed E-state index contributed by atoms with van der Waals surface area (Å²) in [6.45, 7) is 0.0280. The van der Waals surface area contributed by atoms with Gasteiger partial charge >= 0.3 is 0 Å². The summed E-state index contributed by atoms with van der Waals surface area (Å²) in [4.78, 5) is -0.914. The fourth-order valence-electron chi connectivity index (χ4n) is 1.56. The average Bonchev–Trinajstić information content (AvgIpc) is 2.41. The van der Waals surface area contributed by atoms with Crippen LogP contribution >= 0.6 is 33.3 Å². The zero-order valence-corrected chi connectivity index (χ0v) is 14.0. The van der Waals surface area contributed by atoms with Crippen LogP contribution in [0.15, 0.2) is 41.3 Å². The number of rotatable bonds is 4. The lowest BCUT2D eigenvalue weighted by Crippen LogP contribution is -2.03. The number of hydrogen-bond donors (Lipinski definition) is 0. The molecular weight excluding hydrogens is 437 g/mol. The second-order valence-corrected chi connectivity index (χ2v) is 7.82.